The van der Waals surface area contributed by atoms with Gasteiger partial charge in [-0.3, -0.25) is 0 Å². The van der Waals surface area contributed by atoms with Gasteiger partial charge in [0.05, 0.1) is 0 Å². The fraction of sp³-hybridized carbons (Fsp3) is 0.0588. The first-order valence-corrected chi connectivity index (χ1v) is 6.52. The smallest absolute Gasteiger partial charge is 0.128 e. The molecule has 94 valence electrons. The quantitative estimate of drug-likeness (QED) is 0.588. The number of fused-ring (bicyclic) bond motifs is 1. The molecule has 0 amide bonds. The Labute approximate surface area is 117 Å². The van der Waals surface area contributed by atoms with E-state index in [1.54, 1.807) is 0 Å². The molecule has 0 aromatic heterocycles. The van der Waals surface area contributed by atoms with E-state index in [-0.39, 0.29) is 0 Å². The van der Waals surface area contributed by atoms with Crippen molar-refractivity contribution in [3.8, 4) is 11.5 Å². The van der Waals surface area contributed by atoms with Gasteiger partial charge in [-0.2, -0.15) is 0 Å². The van der Waals surface area contributed by atoms with Crippen molar-refractivity contribution in [2.24, 2.45) is 0 Å². The van der Waals surface area contributed by atoms with Gasteiger partial charge in [0, 0.05) is 5.02 Å². The number of hydrogen-bond acceptors (Lipinski definition) is 1. The van der Waals surface area contributed by atoms with Gasteiger partial charge in [0.15, 0.2) is 0 Å². The van der Waals surface area contributed by atoms with E-state index in [4.69, 9.17) is 16.3 Å². The molecule has 0 bridgehead atoms. The van der Waals surface area contributed by atoms with Gasteiger partial charge in [0.2, 0.25) is 0 Å². The molecule has 3 rings (SSSR count). The van der Waals surface area contributed by atoms with E-state index in [9.17, 15) is 0 Å². The van der Waals surface area contributed by atoms with E-state index < -0.39 is 0 Å². The third kappa shape index (κ3) is 2.72. The summed E-state index contributed by atoms with van der Waals surface area (Å²) in [5.41, 5.74) is 1.26. The van der Waals surface area contributed by atoms with Crippen molar-refractivity contribution in [3.05, 3.63) is 71.2 Å². The monoisotopic (exact) mass is 268 g/mol. The summed E-state index contributed by atoms with van der Waals surface area (Å²) in [5.74, 6) is 1.62. The van der Waals surface area contributed by atoms with Crippen LogP contribution in [0.2, 0.25) is 5.02 Å². The number of ether oxygens (including phenoxy) is 1. The first-order chi connectivity index (χ1) is 9.20. The number of hydrogen-bond donors (Lipinski definition) is 0. The van der Waals surface area contributed by atoms with Crippen LogP contribution in [0.25, 0.3) is 10.8 Å². The molecule has 0 aliphatic heterocycles. The summed E-state index contributed by atoms with van der Waals surface area (Å²) in [4.78, 5) is 0. The van der Waals surface area contributed by atoms with Gasteiger partial charge in [-0.1, -0.05) is 41.4 Å². The topological polar surface area (TPSA) is 9.23 Å². The second-order valence-electron chi connectivity index (χ2n) is 4.57. The van der Waals surface area contributed by atoms with E-state index in [1.165, 1.54) is 16.3 Å². The molecule has 0 spiro atoms. The maximum Gasteiger partial charge on any atom is 0.128 e. The second-order valence-corrected chi connectivity index (χ2v) is 5.00. The molecule has 0 saturated carbocycles. The highest BCUT2D eigenvalue weighted by atomic mass is 35.5. The highest BCUT2D eigenvalue weighted by molar-refractivity contribution is 6.30. The van der Waals surface area contributed by atoms with Gasteiger partial charge in [-0.25, -0.2) is 0 Å². The average Bonchev–Trinajstić information content (AvgIpc) is 2.42. The van der Waals surface area contributed by atoms with Gasteiger partial charge in [0.25, 0.3) is 0 Å². The van der Waals surface area contributed by atoms with E-state index in [2.05, 4.69) is 31.2 Å². The number of aryl methyl sites for hydroxylation is 1. The van der Waals surface area contributed by atoms with Crippen molar-refractivity contribution in [2.45, 2.75) is 6.92 Å². The summed E-state index contributed by atoms with van der Waals surface area (Å²) in [6.45, 7) is 2.09. The highest BCUT2D eigenvalue weighted by Gasteiger charge is 2.00. The lowest BCUT2D eigenvalue weighted by Crippen LogP contribution is -1.84. The van der Waals surface area contributed by atoms with Crippen LogP contribution in [0.3, 0.4) is 0 Å². The van der Waals surface area contributed by atoms with E-state index in [0.717, 1.165) is 11.5 Å². The molecule has 1 nitrogen and oxygen atoms in total. The van der Waals surface area contributed by atoms with Crippen molar-refractivity contribution in [1.29, 1.82) is 0 Å². The van der Waals surface area contributed by atoms with Gasteiger partial charge < -0.3 is 4.74 Å². The van der Waals surface area contributed by atoms with Crippen LogP contribution >= 0.6 is 11.6 Å². The summed E-state index contributed by atoms with van der Waals surface area (Å²) < 4.78 is 5.81. The van der Waals surface area contributed by atoms with Crippen molar-refractivity contribution >= 4 is 22.4 Å². The van der Waals surface area contributed by atoms with E-state index in [1.807, 2.05) is 36.4 Å². The van der Waals surface area contributed by atoms with Crippen molar-refractivity contribution in [2.75, 3.05) is 0 Å². The van der Waals surface area contributed by atoms with Crippen LogP contribution in [-0.2, 0) is 0 Å². The minimum Gasteiger partial charge on any atom is -0.457 e. The summed E-state index contributed by atoms with van der Waals surface area (Å²) in [7, 11) is 0. The molecule has 19 heavy (non-hydrogen) atoms. The lowest BCUT2D eigenvalue weighted by molar-refractivity contribution is 0.483. The molecule has 0 N–H and O–H groups in total. The average molecular weight is 269 g/mol. The molecular formula is C17H13ClO. The molecule has 0 saturated heterocycles. The first kappa shape index (κ1) is 12.1. The summed E-state index contributed by atoms with van der Waals surface area (Å²) in [6.07, 6.45) is 0. The molecule has 0 unspecified atom stereocenters. The number of halogens is 1. The molecular weight excluding hydrogens is 256 g/mol. The third-order valence-corrected chi connectivity index (χ3v) is 3.27. The van der Waals surface area contributed by atoms with Crippen LogP contribution in [0.1, 0.15) is 5.56 Å². The zero-order chi connectivity index (χ0) is 13.2. The van der Waals surface area contributed by atoms with Crippen LogP contribution in [0, 0.1) is 6.92 Å². The third-order valence-electron chi connectivity index (χ3n) is 3.02. The van der Waals surface area contributed by atoms with E-state index in [0.29, 0.717) is 5.02 Å². The fourth-order valence-electron chi connectivity index (χ4n) is 2.05. The van der Waals surface area contributed by atoms with Crippen LogP contribution in [0.4, 0.5) is 0 Å². The van der Waals surface area contributed by atoms with Gasteiger partial charge >= 0.3 is 0 Å². The summed E-state index contributed by atoms with van der Waals surface area (Å²) in [6, 6.07) is 19.9. The Hall–Kier alpha value is -1.99. The van der Waals surface area contributed by atoms with E-state index >= 15 is 0 Å². The second kappa shape index (κ2) is 4.94. The van der Waals surface area contributed by atoms with Crippen LogP contribution in [0.5, 0.6) is 11.5 Å². The number of rotatable bonds is 2. The van der Waals surface area contributed by atoms with Crippen LogP contribution in [-0.4, -0.2) is 0 Å². The van der Waals surface area contributed by atoms with Gasteiger partial charge in [0.1, 0.15) is 11.5 Å². The molecule has 0 heterocycles. The van der Waals surface area contributed by atoms with Crippen LogP contribution in [0.15, 0.2) is 60.7 Å². The van der Waals surface area contributed by atoms with Crippen molar-refractivity contribution in [1.82, 2.24) is 0 Å². The Morgan fingerprint density at radius 1 is 0.737 bits per heavy atom. The largest absolute Gasteiger partial charge is 0.457 e. The van der Waals surface area contributed by atoms with Crippen molar-refractivity contribution < 1.29 is 4.74 Å². The predicted octanol–water partition coefficient (Wildman–Crippen LogP) is 5.59. The SMILES string of the molecule is Cc1ccc2cc(Oc3ccc(Cl)cc3)ccc2c1. The molecule has 0 radical (unpaired) electrons. The molecule has 0 aliphatic carbocycles. The van der Waals surface area contributed by atoms with Crippen molar-refractivity contribution in [3.63, 3.8) is 0 Å². The minimum atomic E-state index is 0.710. The lowest BCUT2D eigenvalue weighted by atomic mass is 10.1. The standard InChI is InChI=1S/C17H13ClO/c1-12-2-3-14-11-17(7-4-13(14)10-12)19-16-8-5-15(18)6-9-16/h2-11H,1H3. The molecule has 0 fully saturated rings. The summed E-state index contributed by atoms with van der Waals surface area (Å²) >= 11 is 5.85. The molecule has 3 aromatic carbocycles. The van der Waals surface area contributed by atoms with Gasteiger partial charge in [-0.15, -0.1) is 0 Å². The zero-order valence-electron chi connectivity index (χ0n) is 10.6. The molecule has 3 aromatic rings. The maximum atomic E-state index is 5.85. The molecule has 0 aliphatic rings. The number of benzene rings is 3. The Kier molecular flexibility index (Phi) is 3.14. The predicted molar refractivity (Wildman–Crippen MR) is 80.2 cm³/mol. The Balaban J connectivity index is 1.93. The van der Waals surface area contributed by atoms with Gasteiger partial charge in [-0.05, 0) is 54.1 Å². The Morgan fingerprint density at radius 3 is 2.16 bits per heavy atom. The highest BCUT2D eigenvalue weighted by Crippen LogP contribution is 2.27. The van der Waals surface area contributed by atoms with Crippen LogP contribution < -0.4 is 4.74 Å². The normalized spacial score (nSPS) is 10.6. The molecule has 0 atom stereocenters. The maximum absolute atomic E-state index is 5.85. The fourth-order valence-corrected chi connectivity index (χ4v) is 2.17. The summed E-state index contributed by atoms with van der Waals surface area (Å²) in [5, 5.41) is 3.11. The first-order valence-electron chi connectivity index (χ1n) is 6.14. The lowest BCUT2D eigenvalue weighted by Gasteiger charge is -2.07. The Morgan fingerprint density at radius 2 is 1.37 bits per heavy atom. The molecule has 2 heteroatoms. The zero-order valence-corrected chi connectivity index (χ0v) is 11.3. The minimum absolute atomic E-state index is 0.710. The Bertz CT molecular complexity index is 717.